The Hall–Kier alpha value is -2.89. The maximum Gasteiger partial charge on any atom is 0.306 e. The predicted molar refractivity (Wildman–Crippen MR) is 362 cm³/mol. The van der Waals surface area contributed by atoms with Crippen LogP contribution in [0.2, 0.25) is 0 Å². The van der Waals surface area contributed by atoms with Crippen molar-refractivity contribution in [1.29, 1.82) is 0 Å². The SMILES string of the molecule is CCCCCCC/C=C\C/C=C\C/C=C\CCCCCCCCCCCCCCC(=O)OCC(COC(=O)CCCCCCCCC/C=C\CCCCCCCC)OC(=O)CCCCCCCCCCC/C=C\CCCCCCCCCC. The maximum absolute atomic E-state index is 13.0. The molecule has 0 aromatic carbocycles. The van der Waals surface area contributed by atoms with E-state index in [1.807, 2.05) is 0 Å². The molecule has 0 saturated heterocycles. The van der Waals surface area contributed by atoms with E-state index >= 15 is 0 Å². The van der Waals surface area contributed by atoms with Gasteiger partial charge in [0.1, 0.15) is 13.2 Å². The van der Waals surface area contributed by atoms with Gasteiger partial charge in [0, 0.05) is 19.3 Å². The molecule has 0 saturated carbocycles. The average molecular weight is 1160 g/mol. The molecule has 0 aliphatic carbocycles. The van der Waals surface area contributed by atoms with E-state index in [-0.39, 0.29) is 31.1 Å². The average Bonchev–Trinajstić information content (AvgIpc) is 3.49. The highest BCUT2D eigenvalue weighted by molar-refractivity contribution is 5.71. The monoisotopic (exact) mass is 1160 g/mol. The van der Waals surface area contributed by atoms with Gasteiger partial charge in [0.05, 0.1) is 0 Å². The highest BCUT2D eigenvalue weighted by Gasteiger charge is 2.19. The molecule has 0 fully saturated rings. The molecule has 0 amide bonds. The summed E-state index contributed by atoms with van der Waals surface area (Å²) in [6.45, 7) is 6.68. The van der Waals surface area contributed by atoms with Gasteiger partial charge in [-0.25, -0.2) is 0 Å². The first-order chi connectivity index (χ1) is 41.0. The van der Waals surface area contributed by atoms with Crippen molar-refractivity contribution < 1.29 is 28.6 Å². The van der Waals surface area contributed by atoms with Crippen LogP contribution in [0.25, 0.3) is 0 Å². The summed E-state index contributed by atoms with van der Waals surface area (Å²) in [7, 11) is 0. The normalized spacial score (nSPS) is 12.4. The lowest BCUT2D eigenvalue weighted by Crippen LogP contribution is -2.30. The minimum absolute atomic E-state index is 0.0743. The first-order valence-corrected chi connectivity index (χ1v) is 36.8. The van der Waals surface area contributed by atoms with Crippen molar-refractivity contribution in [2.45, 2.75) is 399 Å². The lowest BCUT2D eigenvalue weighted by molar-refractivity contribution is -0.167. The predicted octanol–water partition coefficient (Wildman–Crippen LogP) is 25.5. The third-order valence-corrected chi connectivity index (χ3v) is 16.5. The topological polar surface area (TPSA) is 78.9 Å². The minimum atomic E-state index is -0.779. The van der Waals surface area contributed by atoms with E-state index in [0.717, 1.165) is 70.6 Å². The summed E-state index contributed by atoms with van der Waals surface area (Å²) >= 11 is 0. The Balaban J connectivity index is 4.31. The van der Waals surface area contributed by atoms with E-state index in [9.17, 15) is 14.4 Å². The van der Waals surface area contributed by atoms with Crippen molar-refractivity contribution in [2.24, 2.45) is 0 Å². The molecule has 0 aromatic rings. The van der Waals surface area contributed by atoms with Crippen LogP contribution in [0.3, 0.4) is 0 Å². The van der Waals surface area contributed by atoms with Gasteiger partial charge in [0.2, 0.25) is 0 Å². The summed E-state index contributed by atoms with van der Waals surface area (Å²) in [5, 5.41) is 0. The number of rotatable bonds is 68. The summed E-state index contributed by atoms with van der Waals surface area (Å²) in [6, 6.07) is 0. The molecule has 0 spiro atoms. The fourth-order valence-corrected chi connectivity index (χ4v) is 10.9. The summed E-state index contributed by atoms with van der Waals surface area (Å²) in [5.41, 5.74) is 0. The van der Waals surface area contributed by atoms with E-state index in [1.165, 1.54) is 283 Å². The zero-order valence-corrected chi connectivity index (χ0v) is 55.7. The van der Waals surface area contributed by atoms with Gasteiger partial charge < -0.3 is 14.2 Å². The number of hydrogen-bond acceptors (Lipinski definition) is 6. The molecule has 0 bridgehead atoms. The Morgan fingerprint density at radius 2 is 0.434 bits per heavy atom. The molecule has 6 nitrogen and oxygen atoms in total. The van der Waals surface area contributed by atoms with Gasteiger partial charge in [-0.3, -0.25) is 14.4 Å². The Morgan fingerprint density at radius 3 is 0.687 bits per heavy atom. The number of allylic oxidation sites excluding steroid dienone is 10. The largest absolute Gasteiger partial charge is 0.462 e. The van der Waals surface area contributed by atoms with Crippen LogP contribution >= 0.6 is 0 Å². The Kier molecular flexibility index (Phi) is 69.1. The zero-order valence-electron chi connectivity index (χ0n) is 55.7. The van der Waals surface area contributed by atoms with Crippen LogP contribution in [0.5, 0.6) is 0 Å². The molecule has 6 heteroatoms. The Bertz CT molecular complexity index is 1470. The molecule has 0 aliphatic rings. The fourth-order valence-electron chi connectivity index (χ4n) is 10.9. The second-order valence-corrected chi connectivity index (χ2v) is 24.8. The summed E-state index contributed by atoms with van der Waals surface area (Å²) < 4.78 is 17.0. The van der Waals surface area contributed by atoms with Crippen LogP contribution in [-0.4, -0.2) is 37.2 Å². The molecule has 83 heavy (non-hydrogen) atoms. The standard InChI is InChI=1S/C77H140O6/c1-4-7-10-13-16-19-22-25-28-31-33-35-36-37-38-39-40-42-43-46-49-52-55-58-61-64-67-70-76(79)82-73-74(72-81-75(78)69-66-63-60-57-54-51-48-45-30-27-24-21-18-15-12-9-6-3)83-77(80)71-68-65-62-59-56-53-50-47-44-41-34-32-29-26-23-20-17-14-11-8-5-2/h22,25,27,30-34,36-37,74H,4-21,23-24,26,28-29,35,38-73H2,1-3H3/b25-22-,30-27-,33-31-,34-32-,37-36-. The van der Waals surface area contributed by atoms with Gasteiger partial charge >= 0.3 is 17.9 Å². The van der Waals surface area contributed by atoms with Crippen molar-refractivity contribution >= 4 is 17.9 Å². The maximum atomic E-state index is 13.0. The summed E-state index contributed by atoms with van der Waals surface area (Å²) in [4.78, 5) is 38.5. The van der Waals surface area contributed by atoms with Crippen molar-refractivity contribution in [3.63, 3.8) is 0 Å². The van der Waals surface area contributed by atoms with Gasteiger partial charge in [-0.1, -0.05) is 326 Å². The molecule has 484 valence electrons. The van der Waals surface area contributed by atoms with E-state index < -0.39 is 6.10 Å². The first-order valence-electron chi connectivity index (χ1n) is 36.8. The Morgan fingerprint density at radius 1 is 0.241 bits per heavy atom. The second kappa shape index (κ2) is 71.6. The molecule has 1 unspecified atom stereocenters. The highest BCUT2D eigenvalue weighted by atomic mass is 16.6. The van der Waals surface area contributed by atoms with Crippen LogP contribution in [0.4, 0.5) is 0 Å². The third-order valence-electron chi connectivity index (χ3n) is 16.5. The summed E-state index contributed by atoms with van der Waals surface area (Å²) in [6.07, 6.45) is 92.5. The van der Waals surface area contributed by atoms with Gasteiger partial charge in [-0.15, -0.1) is 0 Å². The number of carbonyl (C=O) groups excluding carboxylic acids is 3. The van der Waals surface area contributed by atoms with E-state index in [4.69, 9.17) is 14.2 Å². The molecular formula is C77H140O6. The number of esters is 3. The molecule has 1 atom stereocenters. The van der Waals surface area contributed by atoms with Gasteiger partial charge in [0.15, 0.2) is 6.10 Å². The molecule has 0 heterocycles. The van der Waals surface area contributed by atoms with Crippen molar-refractivity contribution in [3.05, 3.63) is 60.8 Å². The minimum Gasteiger partial charge on any atom is -0.462 e. The smallest absolute Gasteiger partial charge is 0.306 e. The van der Waals surface area contributed by atoms with E-state index in [0.29, 0.717) is 19.3 Å². The molecule has 0 radical (unpaired) electrons. The van der Waals surface area contributed by atoms with Crippen LogP contribution in [0.1, 0.15) is 393 Å². The lowest BCUT2D eigenvalue weighted by Gasteiger charge is -2.18. The Labute approximate surface area is 517 Å². The third kappa shape index (κ3) is 69.8. The first kappa shape index (κ1) is 80.1. The van der Waals surface area contributed by atoms with Gasteiger partial charge in [-0.2, -0.15) is 0 Å². The van der Waals surface area contributed by atoms with Crippen LogP contribution in [-0.2, 0) is 28.6 Å². The van der Waals surface area contributed by atoms with Crippen LogP contribution < -0.4 is 0 Å². The summed E-state index contributed by atoms with van der Waals surface area (Å²) in [5.74, 6) is -0.857. The fraction of sp³-hybridized carbons (Fsp3) is 0.831. The number of carbonyl (C=O) groups is 3. The van der Waals surface area contributed by atoms with Crippen molar-refractivity contribution in [3.8, 4) is 0 Å². The molecular weight excluding hydrogens is 1020 g/mol. The van der Waals surface area contributed by atoms with E-state index in [1.54, 1.807) is 0 Å². The number of unbranched alkanes of at least 4 members (excludes halogenated alkanes) is 47. The molecule has 0 aromatic heterocycles. The number of ether oxygens (including phenoxy) is 3. The molecule has 0 aliphatic heterocycles. The van der Waals surface area contributed by atoms with Gasteiger partial charge in [-0.05, 0) is 109 Å². The molecule has 0 rings (SSSR count). The van der Waals surface area contributed by atoms with Gasteiger partial charge in [0.25, 0.3) is 0 Å². The molecule has 0 N–H and O–H groups in total. The van der Waals surface area contributed by atoms with E-state index in [2.05, 4.69) is 81.5 Å². The van der Waals surface area contributed by atoms with Crippen LogP contribution in [0.15, 0.2) is 60.8 Å². The highest BCUT2D eigenvalue weighted by Crippen LogP contribution is 2.18. The van der Waals surface area contributed by atoms with Crippen molar-refractivity contribution in [2.75, 3.05) is 13.2 Å². The lowest BCUT2D eigenvalue weighted by atomic mass is 10.0. The zero-order chi connectivity index (χ0) is 59.9. The van der Waals surface area contributed by atoms with Crippen LogP contribution in [0, 0.1) is 0 Å². The number of hydrogen-bond donors (Lipinski definition) is 0. The quantitative estimate of drug-likeness (QED) is 0.0261. The van der Waals surface area contributed by atoms with Crippen molar-refractivity contribution in [1.82, 2.24) is 0 Å². The second-order valence-electron chi connectivity index (χ2n) is 24.8.